The molecule has 5 heteroatoms. The second kappa shape index (κ2) is 6.85. The summed E-state index contributed by atoms with van der Waals surface area (Å²) in [5.41, 5.74) is 0.746. The summed E-state index contributed by atoms with van der Waals surface area (Å²) in [7, 11) is 0. The largest absolute Gasteiger partial charge is 0.492 e. The maximum atomic E-state index is 10.6. The molecule has 0 saturated heterocycles. The summed E-state index contributed by atoms with van der Waals surface area (Å²) in [6.45, 7) is 6.14. The number of aryl methyl sites for hydroxylation is 1. The van der Waals surface area contributed by atoms with Gasteiger partial charge < -0.3 is 10.1 Å². The first-order valence-corrected chi connectivity index (χ1v) is 5.73. The molecule has 0 amide bonds. The molecular weight excluding hydrogens is 220 g/mol. The number of benzene rings is 1. The number of nitro benzene ring substituents is 1. The van der Waals surface area contributed by atoms with Gasteiger partial charge in [-0.2, -0.15) is 0 Å². The maximum Gasteiger partial charge on any atom is 0.272 e. The fraction of sp³-hybridized carbons (Fsp3) is 0.500. The minimum Gasteiger partial charge on any atom is -0.492 e. The molecule has 5 nitrogen and oxygen atoms in total. The Balaban J connectivity index is 2.45. The van der Waals surface area contributed by atoms with Gasteiger partial charge in [0.25, 0.3) is 5.69 Å². The number of nitro groups is 1. The van der Waals surface area contributed by atoms with E-state index in [1.807, 2.05) is 0 Å². The highest BCUT2D eigenvalue weighted by Gasteiger charge is 2.10. The third kappa shape index (κ3) is 4.40. The lowest BCUT2D eigenvalue weighted by molar-refractivity contribution is -0.385. The molecule has 0 atom stereocenters. The smallest absolute Gasteiger partial charge is 0.272 e. The standard InChI is InChI=1S/C12H18N2O3/c1-3-6-13-7-8-17-11-4-5-12(14(15)16)10(2)9-11/h4-5,9,13H,3,6-8H2,1-2H3. The normalized spacial score (nSPS) is 10.2. The topological polar surface area (TPSA) is 64.4 Å². The van der Waals surface area contributed by atoms with Gasteiger partial charge in [-0.25, -0.2) is 0 Å². The number of ether oxygens (including phenoxy) is 1. The van der Waals surface area contributed by atoms with Crippen molar-refractivity contribution in [2.75, 3.05) is 19.7 Å². The van der Waals surface area contributed by atoms with Crippen LogP contribution in [0.4, 0.5) is 5.69 Å². The molecule has 1 aromatic carbocycles. The number of nitrogens with one attached hydrogen (secondary N) is 1. The highest BCUT2D eigenvalue weighted by atomic mass is 16.6. The molecule has 0 fully saturated rings. The zero-order valence-electron chi connectivity index (χ0n) is 10.2. The van der Waals surface area contributed by atoms with Crippen LogP contribution in [0.1, 0.15) is 18.9 Å². The minimum atomic E-state index is -0.387. The fourth-order valence-corrected chi connectivity index (χ4v) is 1.47. The summed E-state index contributed by atoms with van der Waals surface area (Å²) in [5.74, 6) is 0.673. The Morgan fingerprint density at radius 2 is 2.18 bits per heavy atom. The number of hydrogen-bond donors (Lipinski definition) is 1. The van der Waals surface area contributed by atoms with E-state index in [0.29, 0.717) is 17.9 Å². The Morgan fingerprint density at radius 3 is 2.76 bits per heavy atom. The van der Waals surface area contributed by atoms with E-state index in [4.69, 9.17) is 4.74 Å². The van der Waals surface area contributed by atoms with Crippen LogP contribution in [0.15, 0.2) is 18.2 Å². The van der Waals surface area contributed by atoms with Crippen molar-refractivity contribution in [1.29, 1.82) is 0 Å². The molecule has 94 valence electrons. The molecule has 0 aliphatic heterocycles. The summed E-state index contributed by atoms with van der Waals surface area (Å²) in [6, 6.07) is 4.80. The van der Waals surface area contributed by atoms with E-state index in [9.17, 15) is 10.1 Å². The van der Waals surface area contributed by atoms with E-state index < -0.39 is 0 Å². The van der Waals surface area contributed by atoms with Gasteiger partial charge in [-0.1, -0.05) is 6.92 Å². The van der Waals surface area contributed by atoms with E-state index in [2.05, 4.69) is 12.2 Å². The average molecular weight is 238 g/mol. The summed E-state index contributed by atoms with van der Waals surface area (Å²) in [4.78, 5) is 10.2. The third-order valence-electron chi connectivity index (χ3n) is 2.34. The Morgan fingerprint density at radius 1 is 1.41 bits per heavy atom. The van der Waals surface area contributed by atoms with Crippen LogP contribution in [0.3, 0.4) is 0 Å². The van der Waals surface area contributed by atoms with Gasteiger partial charge in [-0.15, -0.1) is 0 Å². The molecule has 0 heterocycles. The lowest BCUT2D eigenvalue weighted by atomic mass is 10.2. The molecule has 0 aromatic heterocycles. The van der Waals surface area contributed by atoms with Gasteiger partial charge >= 0.3 is 0 Å². The van der Waals surface area contributed by atoms with Gasteiger partial charge in [0.1, 0.15) is 12.4 Å². The summed E-state index contributed by atoms with van der Waals surface area (Å²) >= 11 is 0. The average Bonchev–Trinajstić information content (AvgIpc) is 2.28. The maximum absolute atomic E-state index is 10.6. The van der Waals surface area contributed by atoms with E-state index in [1.165, 1.54) is 6.07 Å². The van der Waals surface area contributed by atoms with Crippen LogP contribution < -0.4 is 10.1 Å². The monoisotopic (exact) mass is 238 g/mol. The summed E-state index contributed by atoms with van der Waals surface area (Å²) in [6.07, 6.45) is 1.09. The molecule has 0 bridgehead atoms. The molecule has 0 saturated carbocycles. The van der Waals surface area contributed by atoms with Gasteiger partial charge in [-0.05, 0) is 32.0 Å². The Bertz CT molecular complexity index is 380. The Labute approximate surface area is 101 Å². The zero-order chi connectivity index (χ0) is 12.7. The second-order valence-corrected chi connectivity index (χ2v) is 3.80. The van der Waals surface area contributed by atoms with Crippen molar-refractivity contribution in [1.82, 2.24) is 5.32 Å². The first kappa shape index (κ1) is 13.4. The van der Waals surface area contributed by atoms with Crippen molar-refractivity contribution in [2.45, 2.75) is 20.3 Å². The molecule has 17 heavy (non-hydrogen) atoms. The van der Waals surface area contributed by atoms with Crippen molar-refractivity contribution < 1.29 is 9.66 Å². The Hall–Kier alpha value is -1.62. The molecule has 0 aliphatic carbocycles. The molecule has 1 N–H and O–H groups in total. The van der Waals surface area contributed by atoms with E-state index >= 15 is 0 Å². The van der Waals surface area contributed by atoms with Gasteiger partial charge in [-0.3, -0.25) is 10.1 Å². The first-order valence-electron chi connectivity index (χ1n) is 5.73. The fourth-order valence-electron chi connectivity index (χ4n) is 1.47. The van der Waals surface area contributed by atoms with Crippen molar-refractivity contribution in [3.63, 3.8) is 0 Å². The first-order chi connectivity index (χ1) is 8.15. The van der Waals surface area contributed by atoms with Crippen LogP contribution in [0.2, 0.25) is 0 Å². The molecule has 0 aliphatic rings. The lowest BCUT2D eigenvalue weighted by Crippen LogP contribution is -2.21. The van der Waals surface area contributed by atoms with Gasteiger partial charge in [0.2, 0.25) is 0 Å². The molecule has 1 aromatic rings. The molecule has 0 radical (unpaired) electrons. The third-order valence-corrected chi connectivity index (χ3v) is 2.34. The summed E-state index contributed by atoms with van der Waals surface area (Å²) < 4.78 is 5.48. The molecular formula is C12H18N2O3. The minimum absolute atomic E-state index is 0.126. The zero-order valence-corrected chi connectivity index (χ0v) is 10.2. The van der Waals surface area contributed by atoms with Crippen LogP contribution in [-0.2, 0) is 0 Å². The number of rotatable bonds is 7. The molecule has 1 rings (SSSR count). The highest BCUT2D eigenvalue weighted by Crippen LogP contribution is 2.22. The number of hydrogen-bond acceptors (Lipinski definition) is 4. The quantitative estimate of drug-likeness (QED) is 0.449. The van der Waals surface area contributed by atoms with Crippen LogP contribution in [0.25, 0.3) is 0 Å². The van der Waals surface area contributed by atoms with Crippen LogP contribution in [0, 0.1) is 17.0 Å². The van der Waals surface area contributed by atoms with E-state index in [0.717, 1.165) is 19.5 Å². The van der Waals surface area contributed by atoms with Crippen LogP contribution >= 0.6 is 0 Å². The van der Waals surface area contributed by atoms with Gasteiger partial charge in [0.05, 0.1) is 4.92 Å². The predicted octanol–water partition coefficient (Wildman–Crippen LogP) is 2.28. The lowest BCUT2D eigenvalue weighted by Gasteiger charge is -2.07. The SMILES string of the molecule is CCCNCCOc1ccc([N+](=O)[O-])c(C)c1. The number of nitrogens with zero attached hydrogens (tertiary/aromatic N) is 1. The van der Waals surface area contributed by atoms with E-state index in [-0.39, 0.29) is 10.6 Å². The van der Waals surface area contributed by atoms with Gasteiger partial charge in [0, 0.05) is 18.2 Å². The van der Waals surface area contributed by atoms with Crippen molar-refractivity contribution in [3.05, 3.63) is 33.9 Å². The predicted molar refractivity (Wildman–Crippen MR) is 66.5 cm³/mol. The van der Waals surface area contributed by atoms with Crippen LogP contribution in [0.5, 0.6) is 5.75 Å². The van der Waals surface area contributed by atoms with Crippen LogP contribution in [-0.4, -0.2) is 24.6 Å². The molecule has 0 unspecified atom stereocenters. The molecule has 0 spiro atoms. The van der Waals surface area contributed by atoms with Crippen molar-refractivity contribution in [3.8, 4) is 5.75 Å². The van der Waals surface area contributed by atoms with Crippen molar-refractivity contribution >= 4 is 5.69 Å². The van der Waals surface area contributed by atoms with Crippen molar-refractivity contribution in [2.24, 2.45) is 0 Å². The highest BCUT2D eigenvalue weighted by molar-refractivity contribution is 5.44. The van der Waals surface area contributed by atoms with E-state index in [1.54, 1.807) is 19.1 Å². The second-order valence-electron chi connectivity index (χ2n) is 3.80. The Kier molecular flexibility index (Phi) is 5.42. The van der Waals surface area contributed by atoms with Gasteiger partial charge in [0.15, 0.2) is 0 Å². The summed E-state index contributed by atoms with van der Waals surface area (Å²) in [5, 5.41) is 13.8.